The number of carbonyl (C=O) groups excluding carboxylic acids is 1. The van der Waals surface area contributed by atoms with Crippen LogP contribution >= 0.6 is 0 Å². The predicted molar refractivity (Wildman–Crippen MR) is 94.1 cm³/mol. The average molecular weight is 339 g/mol. The van der Waals surface area contributed by atoms with Gasteiger partial charge >= 0.3 is 0 Å². The molecular formula is C18H21N5O2. The van der Waals surface area contributed by atoms with Gasteiger partial charge in [0.1, 0.15) is 11.4 Å². The Morgan fingerprint density at radius 1 is 1.48 bits per heavy atom. The van der Waals surface area contributed by atoms with E-state index in [1.54, 1.807) is 16.9 Å². The summed E-state index contributed by atoms with van der Waals surface area (Å²) < 4.78 is 7.79. The van der Waals surface area contributed by atoms with Crippen molar-refractivity contribution in [3.05, 3.63) is 41.9 Å². The molecule has 3 heterocycles. The van der Waals surface area contributed by atoms with Crippen LogP contribution in [-0.2, 0) is 17.4 Å². The predicted octanol–water partition coefficient (Wildman–Crippen LogP) is 0.930. The summed E-state index contributed by atoms with van der Waals surface area (Å²) in [7, 11) is 1.89. The first kappa shape index (κ1) is 17.0. The zero-order chi connectivity index (χ0) is 17.9. The van der Waals surface area contributed by atoms with Crippen LogP contribution in [-0.4, -0.2) is 46.9 Å². The van der Waals surface area contributed by atoms with E-state index < -0.39 is 5.60 Å². The molecule has 130 valence electrons. The van der Waals surface area contributed by atoms with Crippen LogP contribution in [0, 0.1) is 12.3 Å². The lowest BCUT2D eigenvalue weighted by atomic mass is 9.97. The molecule has 1 amide bonds. The Morgan fingerprint density at radius 2 is 2.32 bits per heavy atom. The largest absolute Gasteiger partial charge is 0.367 e. The molecule has 1 saturated heterocycles. The number of ether oxygens (including phenoxy) is 1. The molecule has 1 aliphatic heterocycles. The molecule has 1 N–H and O–H groups in total. The summed E-state index contributed by atoms with van der Waals surface area (Å²) in [4.78, 5) is 18.5. The first-order valence-electron chi connectivity index (χ1n) is 8.07. The van der Waals surface area contributed by atoms with Gasteiger partial charge in [0.05, 0.1) is 31.5 Å². The lowest BCUT2D eigenvalue weighted by Gasteiger charge is -2.40. The molecule has 0 bridgehead atoms. The number of anilines is 1. The summed E-state index contributed by atoms with van der Waals surface area (Å²) in [5, 5.41) is 6.86. The van der Waals surface area contributed by atoms with E-state index in [0.29, 0.717) is 18.7 Å². The quantitative estimate of drug-likeness (QED) is 0.839. The van der Waals surface area contributed by atoms with Gasteiger partial charge in [-0.1, -0.05) is 5.92 Å². The molecular weight excluding hydrogens is 318 g/mol. The summed E-state index contributed by atoms with van der Waals surface area (Å²) in [6.45, 7) is 4.25. The van der Waals surface area contributed by atoms with Gasteiger partial charge in [0, 0.05) is 31.5 Å². The highest BCUT2D eigenvalue weighted by Gasteiger charge is 2.35. The first-order chi connectivity index (χ1) is 12.0. The molecule has 1 aliphatic rings. The number of pyridine rings is 1. The second-order valence-corrected chi connectivity index (χ2v) is 6.20. The number of hydrogen-bond acceptors (Lipinski definition) is 5. The van der Waals surface area contributed by atoms with Crippen LogP contribution < -0.4 is 10.2 Å². The summed E-state index contributed by atoms with van der Waals surface area (Å²) in [6.07, 6.45) is 10.5. The topological polar surface area (TPSA) is 72.3 Å². The third-order valence-corrected chi connectivity index (χ3v) is 4.28. The molecule has 2 aromatic rings. The van der Waals surface area contributed by atoms with E-state index in [2.05, 4.69) is 33.1 Å². The minimum Gasteiger partial charge on any atom is -0.367 e. The third-order valence-electron chi connectivity index (χ3n) is 4.28. The molecule has 0 aromatic carbocycles. The van der Waals surface area contributed by atoms with Crippen molar-refractivity contribution < 1.29 is 9.53 Å². The van der Waals surface area contributed by atoms with Crippen molar-refractivity contribution in [3.63, 3.8) is 0 Å². The maximum atomic E-state index is 11.9. The molecule has 1 fully saturated rings. The molecule has 7 heteroatoms. The number of aromatic nitrogens is 3. The van der Waals surface area contributed by atoms with Gasteiger partial charge in [-0.2, -0.15) is 5.10 Å². The van der Waals surface area contributed by atoms with Gasteiger partial charge in [-0.25, -0.2) is 4.98 Å². The lowest BCUT2D eigenvalue weighted by molar-refractivity contribution is -0.0468. The highest BCUT2D eigenvalue weighted by atomic mass is 16.5. The highest BCUT2D eigenvalue weighted by molar-refractivity contribution is 5.94. The van der Waals surface area contributed by atoms with E-state index in [-0.39, 0.29) is 12.5 Å². The second kappa shape index (κ2) is 6.95. The average Bonchev–Trinajstić information content (AvgIpc) is 3.07. The highest BCUT2D eigenvalue weighted by Crippen LogP contribution is 2.30. The van der Waals surface area contributed by atoms with E-state index in [4.69, 9.17) is 11.2 Å². The molecule has 25 heavy (non-hydrogen) atoms. The van der Waals surface area contributed by atoms with Gasteiger partial charge in [-0.15, -0.1) is 6.42 Å². The molecule has 1 unspecified atom stereocenters. The molecule has 2 aromatic heterocycles. The van der Waals surface area contributed by atoms with Crippen LogP contribution in [0.4, 0.5) is 5.82 Å². The second-order valence-electron chi connectivity index (χ2n) is 6.20. The molecule has 0 radical (unpaired) electrons. The van der Waals surface area contributed by atoms with E-state index >= 15 is 0 Å². The number of terminal acetylenes is 1. The van der Waals surface area contributed by atoms with Crippen molar-refractivity contribution in [3.8, 4) is 12.3 Å². The SMILES string of the molecule is C#CCNC(=O)c1ccc(N2CCOC(C)(c3cnn(C)c3)C2)nc1. The van der Waals surface area contributed by atoms with Gasteiger partial charge in [-0.3, -0.25) is 9.48 Å². The van der Waals surface area contributed by atoms with E-state index in [1.807, 2.05) is 25.5 Å². The number of nitrogens with one attached hydrogen (secondary N) is 1. The van der Waals surface area contributed by atoms with E-state index in [0.717, 1.165) is 17.9 Å². The molecule has 7 nitrogen and oxygen atoms in total. The first-order valence-corrected chi connectivity index (χ1v) is 8.07. The zero-order valence-electron chi connectivity index (χ0n) is 14.4. The fourth-order valence-corrected chi connectivity index (χ4v) is 2.88. The number of nitrogens with zero attached hydrogens (tertiary/aromatic N) is 4. The van der Waals surface area contributed by atoms with Crippen molar-refractivity contribution in [1.82, 2.24) is 20.1 Å². The van der Waals surface area contributed by atoms with Crippen molar-refractivity contribution in [1.29, 1.82) is 0 Å². The van der Waals surface area contributed by atoms with Crippen LogP contribution in [0.2, 0.25) is 0 Å². The molecule has 0 saturated carbocycles. The number of rotatable bonds is 4. The van der Waals surface area contributed by atoms with Crippen LogP contribution in [0.5, 0.6) is 0 Å². The lowest BCUT2D eigenvalue weighted by Crippen LogP contribution is -2.48. The number of amides is 1. The zero-order valence-corrected chi connectivity index (χ0v) is 14.4. The maximum Gasteiger partial charge on any atom is 0.253 e. The molecule has 0 spiro atoms. The number of hydrogen-bond donors (Lipinski definition) is 1. The summed E-state index contributed by atoms with van der Waals surface area (Å²) in [5.41, 5.74) is 1.07. The van der Waals surface area contributed by atoms with Crippen LogP contribution in [0.1, 0.15) is 22.8 Å². The van der Waals surface area contributed by atoms with E-state index in [1.165, 1.54) is 0 Å². The van der Waals surface area contributed by atoms with Crippen LogP contribution in [0.25, 0.3) is 0 Å². The Bertz CT molecular complexity index is 793. The molecule has 0 aliphatic carbocycles. The monoisotopic (exact) mass is 339 g/mol. The van der Waals surface area contributed by atoms with Gasteiger partial charge in [-0.05, 0) is 19.1 Å². The number of aryl methyl sites for hydroxylation is 1. The van der Waals surface area contributed by atoms with Gasteiger partial charge < -0.3 is 15.0 Å². The Morgan fingerprint density at radius 3 is 2.96 bits per heavy atom. The Hall–Kier alpha value is -2.85. The number of carbonyl (C=O) groups is 1. The Labute approximate surface area is 147 Å². The fraction of sp³-hybridized carbons (Fsp3) is 0.389. The van der Waals surface area contributed by atoms with Crippen molar-refractivity contribution in [2.24, 2.45) is 7.05 Å². The third kappa shape index (κ3) is 3.64. The van der Waals surface area contributed by atoms with Crippen molar-refractivity contribution >= 4 is 11.7 Å². The molecule has 1 atom stereocenters. The molecule has 3 rings (SSSR count). The maximum absolute atomic E-state index is 11.9. The van der Waals surface area contributed by atoms with Crippen LogP contribution in [0.3, 0.4) is 0 Å². The minimum absolute atomic E-state index is 0.202. The van der Waals surface area contributed by atoms with Crippen molar-refractivity contribution in [2.45, 2.75) is 12.5 Å². The fourth-order valence-electron chi connectivity index (χ4n) is 2.88. The van der Waals surface area contributed by atoms with Gasteiger partial charge in [0.2, 0.25) is 0 Å². The standard InChI is InChI=1S/C18H21N5O2/c1-4-7-19-17(24)14-5-6-16(20-10-14)23-8-9-25-18(2,13-23)15-11-21-22(3)12-15/h1,5-6,10-12H,7-9,13H2,2-3H3,(H,19,24). The summed E-state index contributed by atoms with van der Waals surface area (Å²) in [5.74, 6) is 2.97. The van der Waals surface area contributed by atoms with Crippen LogP contribution in [0.15, 0.2) is 30.7 Å². The summed E-state index contributed by atoms with van der Waals surface area (Å²) in [6, 6.07) is 3.60. The normalized spacial score (nSPS) is 20.1. The number of morpholine rings is 1. The van der Waals surface area contributed by atoms with Gasteiger partial charge in [0.15, 0.2) is 0 Å². The Kier molecular flexibility index (Phi) is 4.72. The minimum atomic E-state index is -0.447. The van der Waals surface area contributed by atoms with Gasteiger partial charge in [0.25, 0.3) is 5.91 Å². The Balaban J connectivity index is 1.73. The van der Waals surface area contributed by atoms with Crippen molar-refractivity contribution in [2.75, 3.05) is 31.1 Å². The smallest absolute Gasteiger partial charge is 0.253 e. The summed E-state index contributed by atoms with van der Waals surface area (Å²) >= 11 is 0. The van der Waals surface area contributed by atoms with E-state index in [9.17, 15) is 4.79 Å².